The molecule has 19 heavy (non-hydrogen) atoms. The van der Waals surface area contributed by atoms with Gasteiger partial charge in [0.1, 0.15) is 11.6 Å². The van der Waals surface area contributed by atoms with Crippen molar-refractivity contribution in [2.75, 3.05) is 0 Å². The van der Waals surface area contributed by atoms with E-state index >= 15 is 0 Å². The molecule has 1 N–H and O–H groups in total. The minimum atomic E-state index is -0.561. The van der Waals surface area contributed by atoms with E-state index in [9.17, 15) is 13.9 Å². The zero-order chi connectivity index (χ0) is 13.7. The van der Waals surface area contributed by atoms with E-state index in [1.807, 2.05) is 0 Å². The van der Waals surface area contributed by atoms with Crippen molar-refractivity contribution in [2.24, 2.45) is 0 Å². The number of nitrogens with zero attached hydrogens (tertiary/aromatic N) is 2. The van der Waals surface area contributed by atoms with E-state index in [0.29, 0.717) is 31.4 Å². The van der Waals surface area contributed by atoms with Crippen LogP contribution in [0.3, 0.4) is 0 Å². The molecule has 1 unspecified atom stereocenters. The van der Waals surface area contributed by atoms with Crippen molar-refractivity contribution < 1.29 is 13.9 Å². The molecule has 1 aromatic carbocycles. The van der Waals surface area contributed by atoms with Crippen LogP contribution >= 0.6 is 0 Å². The smallest absolute Gasteiger partial charge is 0.126 e. The molecule has 0 fully saturated rings. The monoisotopic (exact) mass is 266 g/mol. The van der Waals surface area contributed by atoms with Gasteiger partial charge >= 0.3 is 0 Å². The van der Waals surface area contributed by atoms with Gasteiger partial charge in [0.15, 0.2) is 0 Å². The van der Waals surface area contributed by atoms with Gasteiger partial charge in [-0.25, -0.2) is 13.8 Å². The number of hydrogen-bond donors (Lipinski definition) is 1. The number of halogens is 2. The van der Waals surface area contributed by atoms with E-state index in [1.54, 1.807) is 23.3 Å². The number of aromatic nitrogens is 2. The summed E-state index contributed by atoms with van der Waals surface area (Å²) in [4.78, 5) is 3.89. The predicted molar refractivity (Wildman–Crippen MR) is 67.5 cm³/mol. The minimum absolute atomic E-state index is 0.479. The molecule has 2 aromatic rings. The number of aryl methyl sites for hydroxylation is 1. The third-order valence-electron chi connectivity index (χ3n) is 2.91. The van der Waals surface area contributed by atoms with Gasteiger partial charge in [-0.15, -0.1) is 0 Å². The summed E-state index contributed by atoms with van der Waals surface area (Å²) in [6, 6.07) is 3.51. The Hall–Kier alpha value is -1.75. The fraction of sp³-hybridized carbons (Fsp3) is 0.357. The van der Waals surface area contributed by atoms with Crippen LogP contribution in [-0.4, -0.2) is 20.8 Å². The van der Waals surface area contributed by atoms with Crippen LogP contribution in [0.5, 0.6) is 0 Å². The molecular formula is C14H16F2N2O. The van der Waals surface area contributed by atoms with Gasteiger partial charge in [-0.2, -0.15) is 0 Å². The third-order valence-corrected chi connectivity index (χ3v) is 2.91. The van der Waals surface area contributed by atoms with Gasteiger partial charge in [0.25, 0.3) is 0 Å². The highest BCUT2D eigenvalue weighted by Gasteiger charge is 2.06. The maximum absolute atomic E-state index is 13.0. The standard InChI is InChI=1S/C14H16F2N2O/c15-12-6-11(7-13(16)8-12)2-1-3-14(19)9-18-5-4-17-10-18/h4-8,10,14,19H,1-3,9H2. The normalized spacial score (nSPS) is 12.6. The SMILES string of the molecule is OC(CCCc1cc(F)cc(F)c1)Cn1ccnc1. The van der Waals surface area contributed by atoms with Crippen LogP contribution in [0.4, 0.5) is 8.78 Å². The fourth-order valence-electron chi connectivity index (χ4n) is 2.03. The van der Waals surface area contributed by atoms with Crippen molar-refractivity contribution in [2.45, 2.75) is 31.9 Å². The molecule has 5 heteroatoms. The average molecular weight is 266 g/mol. The molecule has 1 aromatic heterocycles. The lowest BCUT2D eigenvalue weighted by Crippen LogP contribution is -2.15. The van der Waals surface area contributed by atoms with Crippen LogP contribution < -0.4 is 0 Å². The Morgan fingerprint density at radius 1 is 1.21 bits per heavy atom. The van der Waals surface area contributed by atoms with Crippen molar-refractivity contribution in [3.63, 3.8) is 0 Å². The second kappa shape index (κ2) is 6.43. The second-order valence-corrected chi connectivity index (χ2v) is 4.58. The maximum atomic E-state index is 13.0. The van der Waals surface area contributed by atoms with Gasteiger partial charge in [0.05, 0.1) is 12.4 Å². The first-order chi connectivity index (χ1) is 9.13. The average Bonchev–Trinajstić information content (AvgIpc) is 2.80. The quantitative estimate of drug-likeness (QED) is 0.872. The van der Waals surface area contributed by atoms with E-state index in [4.69, 9.17) is 0 Å². The number of aliphatic hydroxyl groups is 1. The van der Waals surface area contributed by atoms with Crippen molar-refractivity contribution >= 4 is 0 Å². The molecule has 3 nitrogen and oxygen atoms in total. The van der Waals surface area contributed by atoms with E-state index in [1.165, 1.54) is 12.1 Å². The molecule has 0 amide bonds. The van der Waals surface area contributed by atoms with E-state index in [-0.39, 0.29) is 0 Å². The lowest BCUT2D eigenvalue weighted by Gasteiger charge is -2.11. The zero-order valence-electron chi connectivity index (χ0n) is 10.5. The lowest BCUT2D eigenvalue weighted by molar-refractivity contribution is 0.142. The first kappa shape index (κ1) is 13.7. The third kappa shape index (κ3) is 4.44. The summed E-state index contributed by atoms with van der Waals surface area (Å²) >= 11 is 0. The lowest BCUT2D eigenvalue weighted by atomic mass is 10.1. The van der Waals surface area contributed by atoms with Crippen molar-refractivity contribution in [3.05, 3.63) is 54.1 Å². The first-order valence-electron chi connectivity index (χ1n) is 6.22. The molecule has 0 aliphatic heterocycles. The largest absolute Gasteiger partial charge is 0.391 e. The molecule has 102 valence electrons. The maximum Gasteiger partial charge on any atom is 0.126 e. The molecule has 2 rings (SSSR count). The molecule has 0 bridgehead atoms. The number of rotatable bonds is 6. The summed E-state index contributed by atoms with van der Waals surface area (Å²) in [6.07, 6.45) is 6.41. The van der Waals surface area contributed by atoms with Gasteiger partial charge in [-0.05, 0) is 37.0 Å². The van der Waals surface area contributed by atoms with Crippen LogP contribution in [0.1, 0.15) is 18.4 Å². The van der Waals surface area contributed by atoms with E-state index < -0.39 is 17.7 Å². The van der Waals surface area contributed by atoms with E-state index in [0.717, 1.165) is 6.07 Å². The summed E-state index contributed by atoms with van der Waals surface area (Å²) in [5.41, 5.74) is 0.618. The van der Waals surface area contributed by atoms with Crippen LogP contribution in [0.2, 0.25) is 0 Å². The minimum Gasteiger partial charge on any atom is -0.391 e. The highest BCUT2D eigenvalue weighted by Crippen LogP contribution is 2.12. The van der Waals surface area contributed by atoms with Crippen molar-refractivity contribution in [3.8, 4) is 0 Å². The number of imidazole rings is 1. The number of benzene rings is 1. The van der Waals surface area contributed by atoms with Crippen LogP contribution in [0.15, 0.2) is 36.9 Å². The molecule has 0 spiro atoms. The Morgan fingerprint density at radius 2 is 1.95 bits per heavy atom. The van der Waals surface area contributed by atoms with Gasteiger partial charge in [-0.1, -0.05) is 0 Å². The predicted octanol–water partition coefficient (Wildman–Crippen LogP) is 2.55. The Balaban J connectivity index is 1.76. The Bertz CT molecular complexity index is 494. The Labute approximate surface area is 110 Å². The Morgan fingerprint density at radius 3 is 2.58 bits per heavy atom. The van der Waals surface area contributed by atoms with Crippen LogP contribution in [0.25, 0.3) is 0 Å². The second-order valence-electron chi connectivity index (χ2n) is 4.58. The topological polar surface area (TPSA) is 38.0 Å². The number of aliphatic hydroxyl groups excluding tert-OH is 1. The molecule has 1 atom stereocenters. The molecule has 0 aliphatic rings. The zero-order valence-corrected chi connectivity index (χ0v) is 10.5. The molecule has 1 heterocycles. The molecule has 0 saturated carbocycles. The van der Waals surface area contributed by atoms with Crippen LogP contribution in [-0.2, 0) is 13.0 Å². The summed E-state index contributed by atoms with van der Waals surface area (Å²) < 4.78 is 27.7. The van der Waals surface area contributed by atoms with Gasteiger partial charge in [-0.3, -0.25) is 0 Å². The van der Waals surface area contributed by atoms with Crippen molar-refractivity contribution in [1.29, 1.82) is 0 Å². The number of hydrogen-bond acceptors (Lipinski definition) is 2. The van der Waals surface area contributed by atoms with Crippen molar-refractivity contribution in [1.82, 2.24) is 9.55 Å². The fourth-order valence-corrected chi connectivity index (χ4v) is 2.03. The first-order valence-corrected chi connectivity index (χ1v) is 6.22. The summed E-state index contributed by atoms with van der Waals surface area (Å²) in [7, 11) is 0. The van der Waals surface area contributed by atoms with Gasteiger partial charge < -0.3 is 9.67 Å². The van der Waals surface area contributed by atoms with E-state index in [2.05, 4.69) is 4.98 Å². The molecular weight excluding hydrogens is 250 g/mol. The summed E-state index contributed by atoms with van der Waals surface area (Å²) in [5.74, 6) is -1.12. The van der Waals surface area contributed by atoms with Gasteiger partial charge in [0.2, 0.25) is 0 Å². The summed E-state index contributed by atoms with van der Waals surface area (Å²) in [6.45, 7) is 0.484. The highest BCUT2D eigenvalue weighted by molar-refractivity contribution is 5.17. The van der Waals surface area contributed by atoms with Crippen LogP contribution in [0, 0.1) is 11.6 Å². The molecule has 0 saturated heterocycles. The summed E-state index contributed by atoms with van der Waals surface area (Å²) in [5, 5.41) is 9.81. The highest BCUT2D eigenvalue weighted by atomic mass is 19.1. The molecule has 0 radical (unpaired) electrons. The van der Waals surface area contributed by atoms with Gasteiger partial charge in [0, 0.05) is 25.0 Å². The Kier molecular flexibility index (Phi) is 4.63. The molecule has 0 aliphatic carbocycles.